The highest BCUT2D eigenvalue weighted by molar-refractivity contribution is 6.30. The van der Waals surface area contributed by atoms with Gasteiger partial charge in [-0.05, 0) is 0 Å². The largest absolute Gasteiger partial charge is 0.493 e. The third-order valence-corrected chi connectivity index (χ3v) is 2.01. The number of rotatable bonds is 0. The van der Waals surface area contributed by atoms with Gasteiger partial charge in [-0.2, -0.15) is 4.98 Å². The molecule has 0 saturated heterocycles. The Bertz CT molecular complexity index is 518. The van der Waals surface area contributed by atoms with Crippen LogP contribution in [0, 0.1) is 5.82 Å². The molecule has 0 spiro atoms. The first kappa shape index (κ1) is 8.96. The van der Waals surface area contributed by atoms with E-state index in [0.717, 1.165) is 6.07 Å². The Kier molecular flexibility index (Phi) is 1.89. The van der Waals surface area contributed by atoms with Crippen LogP contribution in [-0.4, -0.2) is 20.2 Å². The molecule has 72 valence electrons. The van der Waals surface area contributed by atoms with Crippen LogP contribution in [0.25, 0.3) is 10.8 Å². The summed E-state index contributed by atoms with van der Waals surface area (Å²) in [6.45, 7) is 0. The zero-order valence-corrected chi connectivity index (χ0v) is 7.46. The van der Waals surface area contributed by atoms with E-state index in [0.29, 0.717) is 0 Å². The maximum atomic E-state index is 13.3. The normalized spacial score (nSPS) is 10.7. The predicted molar refractivity (Wildman–Crippen MR) is 47.8 cm³/mol. The van der Waals surface area contributed by atoms with E-state index in [4.69, 9.17) is 16.7 Å². The highest BCUT2D eigenvalue weighted by atomic mass is 35.5. The van der Waals surface area contributed by atoms with Crippen molar-refractivity contribution in [2.75, 3.05) is 0 Å². The molecular formula is C8H4ClFN2O2. The van der Waals surface area contributed by atoms with Crippen LogP contribution in [0.3, 0.4) is 0 Å². The molecule has 2 aromatic rings. The number of aromatic hydroxyl groups is 2. The van der Waals surface area contributed by atoms with E-state index in [2.05, 4.69) is 9.97 Å². The molecule has 0 aromatic carbocycles. The molecule has 0 aliphatic heterocycles. The molecule has 2 heterocycles. The maximum Gasteiger partial charge on any atom is 0.223 e. The lowest BCUT2D eigenvalue weighted by molar-refractivity contribution is 0.418. The standard InChI is InChI=1S/C8H4ClFN2O2/c9-7-6(10)3-1-5(13)12-8(14)4(3)2-11-7/h1-2H,(H2,12,13,14). The lowest BCUT2D eigenvalue weighted by atomic mass is 10.2. The molecule has 0 radical (unpaired) electrons. The van der Waals surface area contributed by atoms with Crippen LogP contribution < -0.4 is 0 Å². The van der Waals surface area contributed by atoms with E-state index < -0.39 is 17.6 Å². The van der Waals surface area contributed by atoms with E-state index in [1.807, 2.05) is 0 Å². The van der Waals surface area contributed by atoms with Gasteiger partial charge in [-0.3, -0.25) is 0 Å². The van der Waals surface area contributed by atoms with E-state index in [-0.39, 0.29) is 15.9 Å². The molecule has 2 N–H and O–H groups in total. The van der Waals surface area contributed by atoms with Crippen LogP contribution in [-0.2, 0) is 0 Å². The lowest BCUT2D eigenvalue weighted by Crippen LogP contribution is -1.88. The monoisotopic (exact) mass is 214 g/mol. The zero-order chi connectivity index (χ0) is 10.3. The highest BCUT2D eigenvalue weighted by Gasteiger charge is 2.11. The fourth-order valence-corrected chi connectivity index (χ4v) is 1.28. The van der Waals surface area contributed by atoms with Gasteiger partial charge >= 0.3 is 0 Å². The first-order valence-corrected chi connectivity index (χ1v) is 4.00. The summed E-state index contributed by atoms with van der Waals surface area (Å²) in [6, 6.07) is 1.07. The average molecular weight is 215 g/mol. The number of nitrogens with zero attached hydrogens (tertiary/aromatic N) is 2. The second kappa shape index (κ2) is 2.95. The Morgan fingerprint density at radius 3 is 2.71 bits per heavy atom. The predicted octanol–water partition coefficient (Wildman–Crippen LogP) is 1.83. The van der Waals surface area contributed by atoms with Crippen LogP contribution in [0.15, 0.2) is 12.3 Å². The molecule has 0 atom stereocenters. The van der Waals surface area contributed by atoms with E-state index >= 15 is 0 Å². The molecular weight excluding hydrogens is 211 g/mol. The molecule has 14 heavy (non-hydrogen) atoms. The summed E-state index contributed by atoms with van der Waals surface area (Å²) in [7, 11) is 0. The van der Waals surface area contributed by atoms with Gasteiger partial charge in [0.15, 0.2) is 11.0 Å². The number of pyridine rings is 2. The molecule has 4 nitrogen and oxygen atoms in total. The van der Waals surface area contributed by atoms with Crippen molar-refractivity contribution in [3.8, 4) is 11.8 Å². The molecule has 6 heteroatoms. The quantitative estimate of drug-likeness (QED) is 0.657. The van der Waals surface area contributed by atoms with E-state index in [9.17, 15) is 9.50 Å². The molecule has 0 amide bonds. The number of hydrogen-bond donors (Lipinski definition) is 2. The summed E-state index contributed by atoms with van der Waals surface area (Å²) in [5, 5.41) is 18.0. The molecule has 2 rings (SSSR count). The minimum atomic E-state index is -0.794. The minimum Gasteiger partial charge on any atom is -0.493 e. The highest BCUT2D eigenvalue weighted by Crippen LogP contribution is 2.29. The maximum absolute atomic E-state index is 13.3. The molecule has 0 aliphatic carbocycles. The van der Waals surface area contributed by atoms with Gasteiger partial charge in [-0.1, -0.05) is 11.6 Å². The summed E-state index contributed by atoms with van der Waals surface area (Å²) in [5.41, 5.74) is 0. The van der Waals surface area contributed by atoms with Crippen LogP contribution in [0.2, 0.25) is 5.15 Å². The van der Waals surface area contributed by atoms with Gasteiger partial charge in [0.2, 0.25) is 11.8 Å². The van der Waals surface area contributed by atoms with Gasteiger partial charge < -0.3 is 10.2 Å². The number of hydrogen-bond acceptors (Lipinski definition) is 4. The molecule has 2 aromatic heterocycles. The van der Waals surface area contributed by atoms with Crippen molar-refractivity contribution >= 4 is 22.4 Å². The summed E-state index contributed by atoms with van der Waals surface area (Å²) in [6.07, 6.45) is 1.18. The van der Waals surface area contributed by atoms with E-state index in [1.165, 1.54) is 6.20 Å². The smallest absolute Gasteiger partial charge is 0.223 e. The Hall–Kier alpha value is -1.62. The van der Waals surface area contributed by atoms with Crippen molar-refractivity contribution < 1.29 is 14.6 Å². The second-order valence-corrected chi connectivity index (χ2v) is 2.99. The minimum absolute atomic E-state index is 0.0185. The molecule has 0 saturated carbocycles. The third kappa shape index (κ3) is 1.22. The fourth-order valence-electron chi connectivity index (χ4n) is 1.13. The van der Waals surface area contributed by atoms with Crippen molar-refractivity contribution in [3.63, 3.8) is 0 Å². The van der Waals surface area contributed by atoms with Crippen molar-refractivity contribution in [2.45, 2.75) is 0 Å². The summed E-state index contributed by atoms with van der Waals surface area (Å²) in [5.74, 6) is -1.75. The SMILES string of the molecule is Oc1cc2c(F)c(Cl)ncc2c(O)n1. The summed E-state index contributed by atoms with van der Waals surface area (Å²) >= 11 is 5.42. The second-order valence-electron chi connectivity index (χ2n) is 2.63. The first-order valence-electron chi connectivity index (χ1n) is 3.62. The molecule has 0 fully saturated rings. The fraction of sp³-hybridized carbons (Fsp3) is 0. The number of halogens is 2. The van der Waals surface area contributed by atoms with Crippen molar-refractivity contribution in [1.29, 1.82) is 0 Å². The van der Waals surface area contributed by atoms with E-state index in [1.54, 1.807) is 0 Å². The zero-order valence-electron chi connectivity index (χ0n) is 6.70. The van der Waals surface area contributed by atoms with Crippen LogP contribution in [0.4, 0.5) is 4.39 Å². The average Bonchev–Trinajstić information content (AvgIpc) is 2.12. The van der Waals surface area contributed by atoms with Gasteiger partial charge in [0.25, 0.3) is 0 Å². The molecule has 0 unspecified atom stereocenters. The van der Waals surface area contributed by atoms with Gasteiger partial charge in [0, 0.05) is 17.6 Å². The van der Waals surface area contributed by atoms with Crippen molar-refractivity contribution in [3.05, 3.63) is 23.2 Å². The van der Waals surface area contributed by atoms with Gasteiger partial charge in [-0.15, -0.1) is 0 Å². The van der Waals surface area contributed by atoms with Gasteiger partial charge in [0.05, 0.1) is 5.39 Å². The molecule has 0 aliphatic rings. The van der Waals surface area contributed by atoms with Crippen molar-refractivity contribution in [2.24, 2.45) is 0 Å². The summed E-state index contributed by atoms with van der Waals surface area (Å²) in [4.78, 5) is 6.84. The Labute approximate surface area is 82.6 Å². The Balaban J connectivity index is 2.95. The van der Waals surface area contributed by atoms with Crippen molar-refractivity contribution in [1.82, 2.24) is 9.97 Å². The van der Waals surface area contributed by atoms with Crippen LogP contribution in [0.1, 0.15) is 0 Å². The first-order chi connectivity index (χ1) is 6.59. The number of aromatic nitrogens is 2. The Morgan fingerprint density at radius 2 is 2.00 bits per heavy atom. The van der Waals surface area contributed by atoms with Crippen LogP contribution >= 0.6 is 11.6 Å². The summed E-state index contributed by atoms with van der Waals surface area (Å²) < 4.78 is 13.3. The van der Waals surface area contributed by atoms with Gasteiger partial charge in [0.1, 0.15) is 0 Å². The lowest BCUT2D eigenvalue weighted by Gasteiger charge is -2.02. The topological polar surface area (TPSA) is 66.2 Å². The third-order valence-electron chi connectivity index (χ3n) is 1.75. The van der Waals surface area contributed by atoms with Crippen LogP contribution in [0.5, 0.6) is 11.8 Å². The van der Waals surface area contributed by atoms with Gasteiger partial charge in [-0.25, -0.2) is 9.37 Å². The Morgan fingerprint density at radius 1 is 1.29 bits per heavy atom. The number of fused-ring (bicyclic) bond motifs is 1. The molecule has 0 bridgehead atoms.